The molecule has 0 bridgehead atoms. The summed E-state index contributed by atoms with van der Waals surface area (Å²) >= 11 is 0. The zero-order valence-corrected chi connectivity index (χ0v) is 17.0. The highest BCUT2D eigenvalue weighted by atomic mass is 16.2. The molecule has 1 heterocycles. The van der Waals surface area contributed by atoms with Gasteiger partial charge in [0.2, 0.25) is 0 Å². The van der Waals surface area contributed by atoms with Crippen molar-refractivity contribution in [2.24, 2.45) is 0 Å². The van der Waals surface area contributed by atoms with Crippen molar-refractivity contribution in [3.8, 4) is 0 Å². The molecule has 1 aliphatic heterocycles. The number of unbranched alkanes of at least 4 members (excludes halogenated alkanes) is 4. The van der Waals surface area contributed by atoms with Gasteiger partial charge in [-0.15, -0.1) is 0 Å². The number of Topliss-reactive ketones (excluding diaryl/α,β-unsaturated/α-hetero) is 1. The third kappa shape index (κ3) is 11.3. The third-order valence-corrected chi connectivity index (χ3v) is 4.29. The van der Waals surface area contributed by atoms with Crippen LogP contribution in [0.5, 0.6) is 0 Å². The monoisotopic (exact) mass is 383 g/mol. The van der Waals surface area contributed by atoms with Gasteiger partial charge in [0, 0.05) is 12.5 Å². The van der Waals surface area contributed by atoms with Crippen molar-refractivity contribution in [1.82, 2.24) is 5.32 Å². The molecule has 0 aromatic carbocycles. The fraction of sp³-hybridized carbons (Fsp3) is 0.458. The summed E-state index contributed by atoms with van der Waals surface area (Å²) in [5.74, 6) is -1.35. The highest BCUT2D eigenvalue weighted by Gasteiger charge is 2.25. The van der Waals surface area contributed by atoms with Gasteiger partial charge in [0.25, 0.3) is 11.8 Å². The van der Waals surface area contributed by atoms with Crippen LogP contribution in [0.4, 0.5) is 0 Å². The van der Waals surface area contributed by atoms with Crippen LogP contribution in [0.25, 0.3) is 0 Å². The number of hydrogen-bond donors (Lipinski definition) is 1. The molecule has 0 saturated heterocycles. The van der Waals surface area contributed by atoms with Gasteiger partial charge in [-0.3, -0.25) is 19.7 Å². The number of rotatable bonds is 15. The van der Waals surface area contributed by atoms with Crippen LogP contribution in [-0.2, 0) is 14.4 Å². The smallest absolute Gasteiger partial charge is 0.261 e. The first-order chi connectivity index (χ1) is 13.6. The minimum atomic E-state index is -0.576. The van der Waals surface area contributed by atoms with E-state index in [4.69, 9.17) is 0 Å². The average Bonchev–Trinajstić information content (AvgIpc) is 3.02. The van der Waals surface area contributed by atoms with Crippen LogP contribution >= 0.6 is 0 Å². The van der Waals surface area contributed by atoms with Gasteiger partial charge in [0.05, 0.1) is 5.57 Å². The molecule has 1 rings (SSSR count). The Balaban J connectivity index is 2.01. The van der Waals surface area contributed by atoms with Crippen LogP contribution in [0.2, 0.25) is 0 Å². The zero-order chi connectivity index (χ0) is 20.5. The molecule has 0 atom stereocenters. The molecule has 4 heteroatoms. The molecule has 0 aromatic heterocycles. The van der Waals surface area contributed by atoms with Gasteiger partial charge >= 0.3 is 0 Å². The number of carbonyl (C=O) groups is 3. The van der Waals surface area contributed by atoms with Gasteiger partial charge in [-0.1, -0.05) is 68.4 Å². The van der Waals surface area contributed by atoms with E-state index in [1.165, 1.54) is 25.7 Å². The summed E-state index contributed by atoms with van der Waals surface area (Å²) < 4.78 is 0. The largest absolute Gasteiger partial charge is 0.294 e. The predicted octanol–water partition coefficient (Wildman–Crippen LogP) is 5.28. The van der Waals surface area contributed by atoms with Crippen molar-refractivity contribution >= 4 is 17.6 Å². The Hall–Kier alpha value is -2.49. The van der Waals surface area contributed by atoms with Gasteiger partial charge in [0.15, 0.2) is 5.78 Å². The summed E-state index contributed by atoms with van der Waals surface area (Å²) in [7, 11) is 0. The molecule has 0 fully saturated rings. The molecule has 1 aliphatic rings. The fourth-order valence-corrected chi connectivity index (χ4v) is 2.70. The van der Waals surface area contributed by atoms with Gasteiger partial charge in [-0.05, 0) is 44.9 Å². The molecular formula is C24H33NO3. The number of carbonyl (C=O) groups excluding carboxylic acids is 3. The van der Waals surface area contributed by atoms with E-state index in [1.54, 1.807) is 0 Å². The zero-order valence-electron chi connectivity index (χ0n) is 17.0. The van der Waals surface area contributed by atoms with Crippen molar-refractivity contribution in [1.29, 1.82) is 0 Å². The molecule has 4 nitrogen and oxygen atoms in total. The molecule has 0 unspecified atom stereocenters. The van der Waals surface area contributed by atoms with Crippen LogP contribution in [0.1, 0.15) is 71.1 Å². The summed E-state index contributed by atoms with van der Waals surface area (Å²) in [5.41, 5.74) is -0.0167. The summed E-state index contributed by atoms with van der Waals surface area (Å²) in [6.07, 6.45) is 28.0. The number of hydrogen-bond acceptors (Lipinski definition) is 3. The molecular weight excluding hydrogens is 350 g/mol. The summed E-state index contributed by atoms with van der Waals surface area (Å²) in [6.45, 7) is 2.22. The molecule has 28 heavy (non-hydrogen) atoms. The Bertz CT molecular complexity index is 651. The first-order valence-electron chi connectivity index (χ1n) is 10.3. The fourth-order valence-electron chi connectivity index (χ4n) is 2.70. The van der Waals surface area contributed by atoms with E-state index in [1.807, 2.05) is 6.08 Å². The summed E-state index contributed by atoms with van der Waals surface area (Å²) in [4.78, 5) is 34.2. The van der Waals surface area contributed by atoms with E-state index in [0.29, 0.717) is 6.42 Å². The second-order valence-electron chi connectivity index (χ2n) is 6.78. The topological polar surface area (TPSA) is 63.2 Å². The average molecular weight is 384 g/mol. The van der Waals surface area contributed by atoms with E-state index < -0.39 is 11.8 Å². The van der Waals surface area contributed by atoms with Crippen LogP contribution < -0.4 is 5.32 Å². The Kier molecular flexibility index (Phi) is 13.1. The first kappa shape index (κ1) is 23.5. The predicted molar refractivity (Wildman–Crippen MR) is 115 cm³/mol. The van der Waals surface area contributed by atoms with E-state index in [0.717, 1.165) is 31.8 Å². The molecule has 0 radical (unpaired) electrons. The lowest BCUT2D eigenvalue weighted by atomic mass is 10.1. The minimum Gasteiger partial charge on any atom is -0.294 e. The van der Waals surface area contributed by atoms with Crippen LogP contribution in [-0.4, -0.2) is 17.6 Å². The molecule has 1 N–H and O–H groups in total. The highest BCUT2D eigenvalue weighted by molar-refractivity contribution is 6.30. The Morgan fingerprint density at radius 1 is 0.821 bits per heavy atom. The third-order valence-electron chi connectivity index (χ3n) is 4.29. The lowest BCUT2D eigenvalue weighted by molar-refractivity contribution is -0.125. The van der Waals surface area contributed by atoms with Crippen molar-refractivity contribution in [2.75, 3.05) is 0 Å². The van der Waals surface area contributed by atoms with Crippen molar-refractivity contribution < 1.29 is 14.4 Å². The molecule has 2 amide bonds. The second kappa shape index (κ2) is 15.6. The minimum absolute atomic E-state index is 0.0167. The van der Waals surface area contributed by atoms with Crippen molar-refractivity contribution in [2.45, 2.75) is 71.1 Å². The second-order valence-corrected chi connectivity index (χ2v) is 6.78. The van der Waals surface area contributed by atoms with Crippen LogP contribution in [0.3, 0.4) is 0 Å². The molecule has 0 aliphatic carbocycles. The first-order valence-corrected chi connectivity index (χ1v) is 10.3. The quantitative estimate of drug-likeness (QED) is 0.181. The SMILES string of the molecule is CCCCC/C=C\C/C=C\C/C=C\C/C=C\CCCC(=O)C1=CC(=O)NC1=O. The number of amides is 2. The number of ketones is 1. The maximum absolute atomic E-state index is 11.8. The molecule has 152 valence electrons. The number of nitrogens with one attached hydrogen (secondary N) is 1. The Labute approximate surface area is 169 Å². The van der Waals surface area contributed by atoms with Crippen molar-refractivity contribution in [3.05, 3.63) is 60.3 Å². The lowest BCUT2D eigenvalue weighted by Crippen LogP contribution is -2.24. The highest BCUT2D eigenvalue weighted by Crippen LogP contribution is 2.09. The van der Waals surface area contributed by atoms with Gasteiger partial charge in [0.1, 0.15) is 0 Å². The summed E-state index contributed by atoms with van der Waals surface area (Å²) in [6, 6.07) is 0. The van der Waals surface area contributed by atoms with E-state index >= 15 is 0 Å². The van der Waals surface area contributed by atoms with Crippen LogP contribution in [0, 0.1) is 0 Å². The summed E-state index contributed by atoms with van der Waals surface area (Å²) in [5, 5.41) is 2.09. The number of allylic oxidation sites excluding steroid dienone is 8. The van der Waals surface area contributed by atoms with Gasteiger partial charge in [-0.2, -0.15) is 0 Å². The maximum Gasteiger partial charge on any atom is 0.261 e. The van der Waals surface area contributed by atoms with E-state index in [-0.39, 0.29) is 17.8 Å². The van der Waals surface area contributed by atoms with Crippen LogP contribution in [0.15, 0.2) is 60.3 Å². The maximum atomic E-state index is 11.8. The van der Waals surface area contributed by atoms with Crippen molar-refractivity contribution in [3.63, 3.8) is 0 Å². The van der Waals surface area contributed by atoms with Gasteiger partial charge in [-0.25, -0.2) is 0 Å². The van der Waals surface area contributed by atoms with E-state index in [9.17, 15) is 14.4 Å². The Morgan fingerprint density at radius 3 is 1.86 bits per heavy atom. The normalized spacial score (nSPS) is 14.8. The standard InChI is InChI=1S/C24H33NO3/c1-2-3-4-5-6-7-8-9-10-11-12-13-14-15-16-17-18-19-22(26)21-20-23(27)25-24(21)28/h6-7,9-10,12-13,15-16,20H,2-5,8,11,14,17-19H2,1H3,(H,25,27,28)/b7-6-,10-9-,13-12-,16-15-. The lowest BCUT2D eigenvalue weighted by Gasteiger charge is -1.98. The van der Waals surface area contributed by atoms with Gasteiger partial charge < -0.3 is 0 Å². The Morgan fingerprint density at radius 2 is 1.36 bits per heavy atom. The molecule has 0 spiro atoms. The molecule has 0 aromatic rings. The molecule has 0 saturated carbocycles. The van der Waals surface area contributed by atoms with E-state index in [2.05, 4.69) is 54.8 Å². The number of imide groups is 1.